The Labute approximate surface area is 135 Å². The Morgan fingerprint density at radius 3 is 2.52 bits per heavy atom. The molecule has 2 N–H and O–H groups in total. The Hall–Kier alpha value is -1.96. The fraction of sp³-hybridized carbons (Fsp3) is 0.429. The van der Waals surface area contributed by atoms with Crippen molar-refractivity contribution >= 4 is 29.2 Å². The molecule has 0 radical (unpaired) electrons. The van der Waals surface area contributed by atoms with Crippen LogP contribution in [0.2, 0.25) is 5.02 Å². The lowest BCUT2D eigenvalue weighted by Gasteiger charge is -2.24. The zero-order valence-corrected chi connectivity index (χ0v) is 12.7. The monoisotopic (exact) mass is 349 g/mol. The lowest BCUT2D eigenvalue weighted by Crippen LogP contribution is -2.49. The lowest BCUT2D eigenvalue weighted by atomic mass is 10.2. The lowest BCUT2D eigenvalue weighted by molar-refractivity contribution is -0.140. The van der Waals surface area contributed by atoms with Crippen LogP contribution < -0.4 is 10.6 Å². The van der Waals surface area contributed by atoms with Crippen LogP contribution in [0.4, 0.5) is 23.7 Å². The van der Waals surface area contributed by atoms with Crippen molar-refractivity contribution < 1.29 is 22.8 Å². The van der Waals surface area contributed by atoms with E-state index in [2.05, 4.69) is 5.32 Å². The summed E-state index contributed by atoms with van der Waals surface area (Å²) in [4.78, 5) is 25.3. The number of carbonyl (C=O) groups excluding carboxylic acids is 2. The summed E-state index contributed by atoms with van der Waals surface area (Å²) in [7, 11) is 0. The third-order valence-corrected chi connectivity index (χ3v) is 3.63. The maximum absolute atomic E-state index is 12.2. The number of halogens is 4. The Balaban J connectivity index is 1.96. The number of nitrogens with one attached hydrogen (secondary N) is 2. The highest BCUT2D eigenvalue weighted by Gasteiger charge is 2.36. The highest BCUT2D eigenvalue weighted by molar-refractivity contribution is 6.30. The summed E-state index contributed by atoms with van der Waals surface area (Å²) >= 11 is 5.74. The molecule has 9 heteroatoms. The molecule has 1 aliphatic rings. The van der Waals surface area contributed by atoms with Crippen LogP contribution in [0.3, 0.4) is 0 Å². The first-order valence-corrected chi connectivity index (χ1v) is 7.32. The SMILES string of the molecule is O=C(NCC(F)(F)F)[C@H]1CCCN1C(=O)Nc1ccc(Cl)cc1. The van der Waals surface area contributed by atoms with E-state index in [0.717, 1.165) is 0 Å². The molecular weight excluding hydrogens is 335 g/mol. The minimum Gasteiger partial charge on any atom is -0.345 e. The molecule has 0 spiro atoms. The number of amides is 3. The molecule has 1 fully saturated rings. The Morgan fingerprint density at radius 1 is 1.26 bits per heavy atom. The molecule has 0 aromatic heterocycles. The summed E-state index contributed by atoms with van der Waals surface area (Å²) in [6, 6.07) is 4.94. The Kier molecular flexibility index (Phi) is 5.35. The van der Waals surface area contributed by atoms with Gasteiger partial charge in [-0.25, -0.2) is 4.79 Å². The summed E-state index contributed by atoms with van der Waals surface area (Å²) in [5.74, 6) is -0.800. The van der Waals surface area contributed by atoms with E-state index in [1.807, 2.05) is 5.32 Å². The minimum atomic E-state index is -4.48. The molecule has 1 aromatic carbocycles. The molecule has 23 heavy (non-hydrogen) atoms. The highest BCUT2D eigenvalue weighted by atomic mass is 35.5. The van der Waals surface area contributed by atoms with Gasteiger partial charge in [-0.15, -0.1) is 0 Å². The molecule has 5 nitrogen and oxygen atoms in total. The molecule has 126 valence electrons. The predicted octanol–water partition coefficient (Wildman–Crippen LogP) is 3.01. The number of urea groups is 1. The first-order chi connectivity index (χ1) is 10.8. The number of benzene rings is 1. The topological polar surface area (TPSA) is 61.4 Å². The molecule has 0 saturated carbocycles. The van der Waals surface area contributed by atoms with Gasteiger partial charge < -0.3 is 15.5 Å². The fourth-order valence-electron chi connectivity index (χ4n) is 2.32. The third kappa shape index (κ3) is 5.02. The first kappa shape index (κ1) is 17.4. The van der Waals surface area contributed by atoms with Gasteiger partial charge >= 0.3 is 12.2 Å². The molecule has 1 saturated heterocycles. The van der Waals surface area contributed by atoms with Crippen molar-refractivity contribution in [1.29, 1.82) is 0 Å². The smallest absolute Gasteiger partial charge is 0.345 e. The van der Waals surface area contributed by atoms with Gasteiger partial charge in [0.1, 0.15) is 12.6 Å². The predicted molar refractivity (Wildman–Crippen MR) is 79.3 cm³/mol. The molecule has 0 bridgehead atoms. The van der Waals surface area contributed by atoms with Gasteiger partial charge in [0.2, 0.25) is 5.91 Å². The van der Waals surface area contributed by atoms with Gasteiger partial charge in [-0.3, -0.25) is 4.79 Å². The number of anilines is 1. The van der Waals surface area contributed by atoms with E-state index in [-0.39, 0.29) is 0 Å². The zero-order valence-electron chi connectivity index (χ0n) is 12.0. The second-order valence-electron chi connectivity index (χ2n) is 5.12. The van der Waals surface area contributed by atoms with Crippen molar-refractivity contribution in [2.45, 2.75) is 25.1 Å². The summed E-state index contributed by atoms with van der Waals surface area (Å²) in [5, 5.41) is 4.92. The van der Waals surface area contributed by atoms with Crippen LogP contribution in [-0.4, -0.2) is 42.1 Å². The normalized spacial score (nSPS) is 17.9. The van der Waals surface area contributed by atoms with Crippen LogP contribution in [-0.2, 0) is 4.79 Å². The second kappa shape index (κ2) is 7.08. The summed E-state index contributed by atoms with van der Waals surface area (Å²) in [6.45, 7) is -1.10. The molecule has 1 aliphatic heterocycles. The number of carbonyl (C=O) groups is 2. The van der Waals surface area contributed by atoms with Gasteiger partial charge in [0.05, 0.1) is 0 Å². The van der Waals surface area contributed by atoms with Crippen molar-refractivity contribution in [2.75, 3.05) is 18.4 Å². The zero-order chi connectivity index (χ0) is 17.0. The average Bonchev–Trinajstić information content (AvgIpc) is 2.96. The standard InChI is InChI=1S/C14H15ClF3N3O2/c15-9-3-5-10(6-4-9)20-13(23)21-7-1-2-11(21)12(22)19-8-14(16,17)18/h3-6,11H,1-2,7-8H2,(H,19,22)(H,20,23)/t11-/m1/s1. The van der Waals surface area contributed by atoms with Gasteiger partial charge in [-0.05, 0) is 37.1 Å². The van der Waals surface area contributed by atoms with Gasteiger partial charge in [-0.1, -0.05) is 11.6 Å². The summed E-state index contributed by atoms with van der Waals surface area (Å²) in [5.41, 5.74) is 0.487. The van der Waals surface area contributed by atoms with Gasteiger partial charge in [0, 0.05) is 17.3 Å². The third-order valence-electron chi connectivity index (χ3n) is 3.37. The number of hydrogen-bond acceptors (Lipinski definition) is 2. The van der Waals surface area contributed by atoms with Crippen LogP contribution in [0.15, 0.2) is 24.3 Å². The molecule has 1 heterocycles. The number of hydrogen-bond donors (Lipinski definition) is 2. The summed E-state index contributed by atoms with van der Waals surface area (Å²) < 4.78 is 36.5. The van der Waals surface area contributed by atoms with E-state index in [1.165, 1.54) is 4.90 Å². The van der Waals surface area contributed by atoms with Gasteiger partial charge in [-0.2, -0.15) is 13.2 Å². The van der Waals surface area contributed by atoms with Gasteiger partial charge in [0.15, 0.2) is 0 Å². The molecule has 0 aliphatic carbocycles. The maximum Gasteiger partial charge on any atom is 0.405 e. The van der Waals surface area contributed by atoms with Crippen LogP contribution in [0.5, 0.6) is 0 Å². The molecular formula is C14H15ClF3N3O2. The second-order valence-corrected chi connectivity index (χ2v) is 5.56. The molecule has 1 aromatic rings. The quantitative estimate of drug-likeness (QED) is 0.881. The van der Waals surface area contributed by atoms with Crippen LogP contribution >= 0.6 is 11.6 Å². The fourth-order valence-corrected chi connectivity index (χ4v) is 2.44. The number of likely N-dealkylation sites (tertiary alicyclic amines) is 1. The molecule has 2 rings (SSSR count). The van der Waals surface area contributed by atoms with E-state index < -0.39 is 30.7 Å². The number of alkyl halides is 3. The Bertz CT molecular complexity index is 578. The first-order valence-electron chi connectivity index (χ1n) is 6.94. The van der Waals surface area contributed by atoms with E-state index in [0.29, 0.717) is 30.1 Å². The van der Waals surface area contributed by atoms with Gasteiger partial charge in [0.25, 0.3) is 0 Å². The Morgan fingerprint density at radius 2 is 1.91 bits per heavy atom. The summed E-state index contributed by atoms with van der Waals surface area (Å²) in [6.07, 6.45) is -3.60. The van der Waals surface area contributed by atoms with E-state index >= 15 is 0 Å². The molecule has 3 amide bonds. The maximum atomic E-state index is 12.2. The van der Waals surface area contributed by atoms with Crippen molar-refractivity contribution in [2.24, 2.45) is 0 Å². The van der Waals surface area contributed by atoms with Crippen molar-refractivity contribution in [3.05, 3.63) is 29.3 Å². The van der Waals surface area contributed by atoms with E-state index in [9.17, 15) is 22.8 Å². The van der Waals surface area contributed by atoms with Crippen LogP contribution in [0, 0.1) is 0 Å². The van der Waals surface area contributed by atoms with E-state index in [1.54, 1.807) is 24.3 Å². The number of nitrogens with zero attached hydrogens (tertiary/aromatic N) is 1. The van der Waals surface area contributed by atoms with Crippen molar-refractivity contribution in [1.82, 2.24) is 10.2 Å². The van der Waals surface area contributed by atoms with Crippen LogP contribution in [0.1, 0.15) is 12.8 Å². The van der Waals surface area contributed by atoms with Crippen molar-refractivity contribution in [3.8, 4) is 0 Å². The number of rotatable bonds is 3. The molecule has 1 atom stereocenters. The largest absolute Gasteiger partial charge is 0.405 e. The highest BCUT2D eigenvalue weighted by Crippen LogP contribution is 2.21. The molecule has 0 unspecified atom stereocenters. The van der Waals surface area contributed by atoms with E-state index in [4.69, 9.17) is 11.6 Å². The van der Waals surface area contributed by atoms with Crippen LogP contribution in [0.25, 0.3) is 0 Å². The average molecular weight is 350 g/mol. The van der Waals surface area contributed by atoms with Crippen molar-refractivity contribution in [3.63, 3.8) is 0 Å². The minimum absolute atomic E-state index is 0.309.